The van der Waals surface area contributed by atoms with Gasteiger partial charge in [0.25, 0.3) is 0 Å². The zero-order valence-electron chi connectivity index (χ0n) is 19.9. The SMILES string of the molecule is C1=Cc2cc(-n3c4ccccc4c4ccc(-n5c6ccccc6c6ccccc65)cc43)ccc2CC1. The van der Waals surface area contributed by atoms with Crippen molar-refractivity contribution >= 4 is 49.7 Å². The molecule has 0 saturated heterocycles. The third-order valence-corrected chi connectivity index (χ3v) is 7.76. The van der Waals surface area contributed by atoms with Crippen molar-refractivity contribution in [3.05, 3.63) is 126 Å². The van der Waals surface area contributed by atoms with E-state index in [1.807, 2.05) is 0 Å². The molecular formula is C34H24N2. The monoisotopic (exact) mass is 460 g/mol. The Morgan fingerprint density at radius 2 is 1.00 bits per heavy atom. The van der Waals surface area contributed by atoms with E-state index in [4.69, 9.17) is 0 Å². The van der Waals surface area contributed by atoms with Crippen molar-refractivity contribution in [1.29, 1.82) is 0 Å². The summed E-state index contributed by atoms with van der Waals surface area (Å²) < 4.78 is 4.84. The lowest BCUT2D eigenvalue weighted by Crippen LogP contribution is -2.00. The van der Waals surface area contributed by atoms with E-state index in [0.717, 1.165) is 12.8 Å². The highest BCUT2D eigenvalue weighted by molar-refractivity contribution is 6.12. The van der Waals surface area contributed by atoms with Gasteiger partial charge in [0.1, 0.15) is 0 Å². The fourth-order valence-electron chi connectivity index (χ4n) is 6.13. The molecule has 0 radical (unpaired) electrons. The molecule has 0 unspecified atom stereocenters. The van der Waals surface area contributed by atoms with Crippen LogP contribution in [0.2, 0.25) is 0 Å². The highest BCUT2D eigenvalue weighted by Gasteiger charge is 2.17. The Morgan fingerprint density at radius 1 is 0.472 bits per heavy atom. The number of aromatic nitrogens is 2. The molecule has 0 aliphatic heterocycles. The van der Waals surface area contributed by atoms with E-state index >= 15 is 0 Å². The van der Waals surface area contributed by atoms with Gasteiger partial charge in [0.05, 0.1) is 22.1 Å². The molecule has 0 atom stereocenters. The van der Waals surface area contributed by atoms with Crippen LogP contribution in [0.3, 0.4) is 0 Å². The number of nitrogens with zero attached hydrogens (tertiary/aromatic N) is 2. The second kappa shape index (κ2) is 7.47. The van der Waals surface area contributed by atoms with Gasteiger partial charge in [-0.15, -0.1) is 0 Å². The van der Waals surface area contributed by atoms with Gasteiger partial charge >= 0.3 is 0 Å². The zero-order valence-corrected chi connectivity index (χ0v) is 19.9. The number of benzene rings is 5. The molecule has 36 heavy (non-hydrogen) atoms. The van der Waals surface area contributed by atoms with Crippen LogP contribution in [-0.2, 0) is 6.42 Å². The Labute approximate surface area is 209 Å². The third-order valence-electron chi connectivity index (χ3n) is 7.76. The predicted octanol–water partition coefficient (Wildman–Crippen LogP) is 8.84. The number of allylic oxidation sites excluding steroid dienone is 1. The summed E-state index contributed by atoms with van der Waals surface area (Å²) in [4.78, 5) is 0. The van der Waals surface area contributed by atoms with Gasteiger partial charge in [-0.05, 0) is 66.4 Å². The average molecular weight is 461 g/mol. The number of para-hydroxylation sites is 3. The van der Waals surface area contributed by atoms with Crippen molar-refractivity contribution in [2.75, 3.05) is 0 Å². The van der Waals surface area contributed by atoms with Gasteiger partial charge in [0.2, 0.25) is 0 Å². The fraction of sp³-hybridized carbons (Fsp3) is 0.0588. The van der Waals surface area contributed by atoms with Crippen LogP contribution in [0.25, 0.3) is 61.1 Å². The van der Waals surface area contributed by atoms with Crippen LogP contribution < -0.4 is 0 Å². The molecular weight excluding hydrogens is 436 g/mol. The number of fused-ring (bicyclic) bond motifs is 7. The van der Waals surface area contributed by atoms with Gasteiger partial charge < -0.3 is 9.13 Å². The molecule has 5 aromatic carbocycles. The minimum absolute atomic E-state index is 1.12. The van der Waals surface area contributed by atoms with E-state index in [9.17, 15) is 0 Å². The van der Waals surface area contributed by atoms with Gasteiger partial charge in [-0.25, -0.2) is 0 Å². The van der Waals surface area contributed by atoms with Gasteiger partial charge in [0, 0.05) is 32.9 Å². The molecule has 0 bridgehead atoms. The zero-order chi connectivity index (χ0) is 23.6. The molecule has 2 heteroatoms. The first kappa shape index (κ1) is 19.7. The normalized spacial score (nSPS) is 13.2. The first-order valence-corrected chi connectivity index (χ1v) is 12.7. The summed E-state index contributed by atoms with van der Waals surface area (Å²) in [5.74, 6) is 0. The van der Waals surface area contributed by atoms with E-state index in [2.05, 4.69) is 130 Å². The minimum atomic E-state index is 1.12. The minimum Gasteiger partial charge on any atom is -0.309 e. The maximum Gasteiger partial charge on any atom is 0.0561 e. The van der Waals surface area contributed by atoms with E-state index in [1.165, 1.54) is 66.1 Å². The van der Waals surface area contributed by atoms with E-state index in [-0.39, 0.29) is 0 Å². The molecule has 170 valence electrons. The van der Waals surface area contributed by atoms with Gasteiger partial charge in [-0.1, -0.05) is 78.9 Å². The molecule has 7 aromatic rings. The average Bonchev–Trinajstić information content (AvgIpc) is 3.45. The summed E-state index contributed by atoms with van der Waals surface area (Å²) in [7, 11) is 0. The molecule has 2 aromatic heterocycles. The summed E-state index contributed by atoms with van der Waals surface area (Å²) in [5, 5.41) is 5.14. The van der Waals surface area contributed by atoms with Crippen LogP contribution in [-0.4, -0.2) is 9.13 Å². The van der Waals surface area contributed by atoms with Gasteiger partial charge in [0.15, 0.2) is 0 Å². The molecule has 8 rings (SSSR count). The molecule has 1 aliphatic rings. The Balaban J connectivity index is 1.46. The standard InChI is InChI=1S/C34H24N2/c1-2-10-24-21-25(18-17-23(24)9-1)36-33-16-8-5-13-29(33)30-20-19-26(22-34(30)36)35-31-14-6-3-11-27(31)28-12-4-7-15-32(28)35/h2-8,10-22H,1,9H2. The van der Waals surface area contributed by atoms with Gasteiger partial charge in [-0.3, -0.25) is 0 Å². The fourth-order valence-corrected chi connectivity index (χ4v) is 6.13. The van der Waals surface area contributed by atoms with Crippen LogP contribution in [0.15, 0.2) is 115 Å². The Hall–Kier alpha value is -4.56. The van der Waals surface area contributed by atoms with Crippen molar-refractivity contribution in [3.63, 3.8) is 0 Å². The number of hydrogen-bond acceptors (Lipinski definition) is 0. The van der Waals surface area contributed by atoms with Crippen LogP contribution in [0.1, 0.15) is 17.5 Å². The quantitative estimate of drug-likeness (QED) is 0.244. The first-order chi connectivity index (χ1) is 17.9. The maximum absolute atomic E-state index is 2.44. The Morgan fingerprint density at radius 3 is 1.67 bits per heavy atom. The van der Waals surface area contributed by atoms with E-state index in [0.29, 0.717) is 0 Å². The van der Waals surface area contributed by atoms with E-state index in [1.54, 1.807) is 0 Å². The second-order valence-corrected chi connectivity index (χ2v) is 9.75. The number of rotatable bonds is 2. The smallest absolute Gasteiger partial charge is 0.0561 e. The highest BCUT2D eigenvalue weighted by Crippen LogP contribution is 2.37. The van der Waals surface area contributed by atoms with Crippen molar-refractivity contribution < 1.29 is 0 Å². The second-order valence-electron chi connectivity index (χ2n) is 9.75. The lowest BCUT2D eigenvalue weighted by Gasteiger charge is -2.15. The predicted molar refractivity (Wildman–Crippen MR) is 152 cm³/mol. The topological polar surface area (TPSA) is 9.86 Å². The summed E-state index contributed by atoms with van der Waals surface area (Å²) in [6, 6.07) is 40.1. The van der Waals surface area contributed by atoms with Crippen LogP contribution in [0, 0.1) is 0 Å². The Bertz CT molecular complexity index is 1940. The van der Waals surface area contributed by atoms with Crippen molar-refractivity contribution in [2.24, 2.45) is 0 Å². The lowest BCUT2D eigenvalue weighted by molar-refractivity contribution is 0.982. The Kier molecular flexibility index (Phi) is 4.09. The summed E-state index contributed by atoms with van der Waals surface area (Å²) >= 11 is 0. The summed E-state index contributed by atoms with van der Waals surface area (Å²) in [6.07, 6.45) is 6.82. The summed E-state index contributed by atoms with van der Waals surface area (Å²) in [6.45, 7) is 0. The van der Waals surface area contributed by atoms with Crippen molar-refractivity contribution in [2.45, 2.75) is 12.8 Å². The van der Waals surface area contributed by atoms with Crippen LogP contribution in [0.5, 0.6) is 0 Å². The molecule has 0 N–H and O–H groups in total. The van der Waals surface area contributed by atoms with E-state index < -0.39 is 0 Å². The largest absolute Gasteiger partial charge is 0.309 e. The molecule has 2 nitrogen and oxygen atoms in total. The van der Waals surface area contributed by atoms with Crippen LogP contribution >= 0.6 is 0 Å². The van der Waals surface area contributed by atoms with Gasteiger partial charge in [-0.2, -0.15) is 0 Å². The molecule has 0 amide bonds. The number of hydrogen-bond donors (Lipinski definition) is 0. The highest BCUT2D eigenvalue weighted by atomic mass is 15.0. The molecule has 1 aliphatic carbocycles. The third kappa shape index (κ3) is 2.73. The molecule has 0 fully saturated rings. The van der Waals surface area contributed by atoms with Crippen molar-refractivity contribution in [3.8, 4) is 11.4 Å². The summed E-state index contributed by atoms with van der Waals surface area (Å²) in [5.41, 5.74) is 10.1. The lowest BCUT2D eigenvalue weighted by atomic mass is 9.97. The maximum atomic E-state index is 2.44. The molecule has 0 saturated carbocycles. The van der Waals surface area contributed by atoms with Crippen LogP contribution in [0.4, 0.5) is 0 Å². The first-order valence-electron chi connectivity index (χ1n) is 12.7. The van der Waals surface area contributed by atoms with Crippen molar-refractivity contribution in [1.82, 2.24) is 9.13 Å². The number of aryl methyl sites for hydroxylation is 1. The molecule has 0 spiro atoms. The molecule has 2 heterocycles.